The highest BCUT2D eigenvalue weighted by molar-refractivity contribution is 6.31. The molecule has 0 saturated heterocycles. The molecule has 7 nitrogen and oxygen atoms in total. The maximum absolute atomic E-state index is 12.0. The van der Waals surface area contributed by atoms with Crippen LogP contribution in [-0.2, 0) is 4.79 Å². The number of hydrazone groups is 1. The summed E-state index contributed by atoms with van der Waals surface area (Å²) in [7, 11) is 1.44. The number of hydrogen-bond acceptors (Lipinski definition) is 6. The third kappa shape index (κ3) is 4.95. The number of carbonyl (C=O) groups is 2. The van der Waals surface area contributed by atoms with Gasteiger partial charge in [0.1, 0.15) is 5.75 Å². The standard InChI is InChI=1S/C17H15ClN2O5/c1-10(21)25-15-6-3-11(7-16(15)24-2)9-19-20-17(23)13-8-12(18)4-5-14(13)22/h3-9,22H,1-2H3,(H,20,23)/b19-9-. The van der Waals surface area contributed by atoms with Gasteiger partial charge in [-0.2, -0.15) is 5.10 Å². The third-order valence-corrected chi connectivity index (χ3v) is 3.26. The molecule has 0 heterocycles. The summed E-state index contributed by atoms with van der Waals surface area (Å²) in [6, 6.07) is 8.89. The number of hydrogen-bond donors (Lipinski definition) is 2. The van der Waals surface area contributed by atoms with E-state index < -0.39 is 11.9 Å². The van der Waals surface area contributed by atoms with Crippen LogP contribution in [0.25, 0.3) is 0 Å². The fourth-order valence-electron chi connectivity index (χ4n) is 1.92. The van der Waals surface area contributed by atoms with Gasteiger partial charge in [-0.15, -0.1) is 0 Å². The molecule has 0 aliphatic rings. The summed E-state index contributed by atoms with van der Waals surface area (Å²) >= 11 is 5.80. The first-order chi connectivity index (χ1) is 11.9. The average Bonchev–Trinajstić information content (AvgIpc) is 2.57. The lowest BCUT2D eigenvalue weighted by Gasteiger charge is -2.08. The molecule has 0 aromatic heterocycles. The van der Waals surface area contributed by atoms with Crippen molar-refractivity contribution in [3.63, 3.8) is 0 Å². The lowest BCUT2D eigenvalue weighted by molar-refractivity contribution is -0.132. The molecule has 2 aromatic rings. The molecule has 0 radical (unpaired) electrons. The second-order valence-corrected chi connectivity index (χ2v) is 5.30. The number of halogens is 1. The third-order valence-electron chi connectivity index (χ3n) is 3.02. The fourth-order valence-corrected chi connectivity index (χ4v) is 2.09. The Bertz CT molecular complexity index is 836. The molecule has 0 atom stereocenters. The van der Waals surface area contributed by atoms with Crippen LogP contribution in [0, 0.1) is 0 Å². The van der Waals surface area contributed by atoms with Gasteiger partial charge in [0, 0.05) is 11.9 Å². The minimum atomic E-state index is -0.611. The first kappa shape index (κ1) is 18.3. The summed E-state index contributed by atoms with van der Waals surface area (Å²) in [5.74, 6) is -0.657. The van der Waals surface area contributed by atoms with E-state index >= 15 is 0 Å². The van der Waals surface area contributed by atoms with E-state index in [4.69, 9.17) is 21.1 Å². The Balaban J connectivity index is 2.10. The zero-order valence-electron chi connectivity index (χ0n) is 13.4. The number of esters is 1. The second kappa shape index (κ2) is 8.16. The molecule has 2 aromatic carbocycles. The number of amides is 1. The molecule has 0 saturated carbocycles. The van der Waals surface area contributed by atoms with Gasteiger partial charge in [0.15, 0.2) is 11.5 Å². The van der Waals surface area contributed by atoms with Gasteiger partial charge in [-0.05, 0) is 42.0 Å². The topological polar surface area (TPSA) is 97.2 Å². The molecule has 0 fully saturated rings. The number of nitrogens with one attached hydrogen (secondary N) is 1. The summed E-state index contributed by atoms with van der Waals surface area (Å²) in [5.41, 5.74) is 2.89. The van der Waals surface area contributed by atoms with E-state index in [9.17, 15) is 14.7 Å². The highest BCUT2D eigenvalue weighted by Gasteiger charge is 2.11. The number of aromatic hydroxyl groups is 1. The molecule has 130 valence electrons. The molecule has 2 N–H and O–H groups in total. The number of rotatable bonds is 5. The van der Waals surface area contributed by atoms with Crippen LogP contribution in [0.1, 0.15) is 22.8 Å². The van der Waals surface area contributed by atoms with Crippen molar-refractivity contribution in [3.8, 4) is 17.2 Å². The minimum Gasteiger partial charge on any atom is -0.507 e. The molecule has 0 bridgehead atoms. The predicted molar refractivity (Wildman–Crippen MR) is 92.5 cm³/mol. The second-order valence-electron chi connectivity index (χ2n) is 4.86. The van der Waals surface area contributed by atoms with E-state index in [0.717, 1.165) is 0 Å². The van der Waals surface area contributed by atoms with Crippen molar-refractivity contribution in [2.75, 3.05) is 7.11 Å². The van der Waals surface area contributed by atoms with Gasteiger partial charge >= 0.3 is 5.97 Å². The van der Waals surface area contributed by atoms with Crippen LogP contribution in [0.2, 0.25) is 5.02 Å². The monoisotopic (exact) mass is 362 g/mol. The molecular formula is C17H15ClN2O5. The SMILES string of the molecule is COc1cc(/C=N\NC(=O)c2cc(Cl)ccc2O)ccc1OC(C)=O. The van der Waals surface area contributed by atoms with E-state index in [2.05, 4.69) is 10.5 Å². The van der Waals surface area contributed by atoms with E-state index in [0.29, 0.717) is 16.3 Å². The van der Waals surface area contributed by atoms with Gasteiger partial charge in [-0.3, -0.25) is 9.59 Å². The molecule has 0 aliphatic carbocycles. The number of phenolic OH excluding ortho intramolecular Hbond substituents is 1. The predicted octanol–water partition coefficient (Wildman–Crippen LogP) is 2.74. The quantitative estimate of drug-likeness (QED) is 0.369. The Hall–Kier alpha value is -3.06. The Morgan fingerprint density at radius 1 is 1.20 bits per heavy atom. The van der Waals surface area contributed by atoms with Crippen LogP contribution >= 0.6 is 11.6 Å². The molecule has 0 spiro atoms. The van der Waals surface area contributed by atoms with Crippen LogP contribution in [0.3, 0.4) is 0 Å². The van der Waals surface area contributed by atoms with Crippen molar-refractivity contribution < 1.29 is 24.2 Å². The van der Waals surface area contributed by atoms with Crippen molar-refractivity contribution in [1.82, 2.24) is 5.43 Å². The van der Waals surface area contributed by atoms with Crippen molar-refractivity contribution in [1.29, 1.82) is 0 Å². The summed E-state index contributed by atoms with van der Waals surface area (Å²) in [5, 5.41) is 13.8. The van der Waals surface area contributed by atoms with Crippen molar-refractivity contribution in [2.24, 2.45) is 5.10 Å². The molecule has 1 amide bonds. The van der Waals surface area contributed by atoms with Crippen LogP contribution in [0.4, 0.5) is 0 Å². The molecule has 0 unspecified atom stereocenters. The number of carbonyl (C=O) groups excluding carboxylic acids is 2. The molecular weight excluding hydrogens is 348 g/mol. The zero-order valence-corrected chi connectivity index (χ0v) is 14.2. The number of benzene rings is 2. The lowest BCUT2D eigenvalue weighted by atomic mass is 10.2. The summed E-state index contributed by atoms with van der Waals surface area (Å²) < 4.78 is 10.1. The smallest absolute Gasteiger partial charge is 0.308 e. The highest BCUT2D eigenvalue weighted by Crippen LogP contribution is 2.27. The molecule has 25 heavy (non-hydrogen) atoms. The molecule has 0 aliphatic heterocycles. The Labute approximate surface area is 148 Å². The van der Waals surface area contributed by atoms with Crippen LogP contribution in [-0.4, -0.2) is 30.3 Å². The molecule has 8 heteroatoms. The minimum absolute atomic E-state index is 0.00689. The first-order valence-corrected chi connectivity index (χ1v) is 7.47. The van der Waals surface area contributed by atoms with E-state index in [-0.39, 0.29) is 17.1 Å². The molecule has 2 rings (SSSR count). The van der Waals surface area contributed by atoms with E-state index in [1.165, 1.54) is 38.4 Å². The van der Waals surface area contributed by atoms with Crippen molar-refractivity contribution in [3.05, 3.63) is 52.5 Å². The summed E-state index contributed by atoms with van der Waals surface area (Å²) in [6.45, 7) is 1.29. The number of nitrogens with zero attached hydrogens (tertiary/aromatic N) is 1. The number of phenols is 1. The maximum Gasteiger partial charge on any atom is 0.308 e. The van der Waals surface area contributed by atoms with Crippen molar-refractivity contribution in [2.45, 2.75) is 6.92 Å². The Morgan fingerprint density at radius 3 is 2.64 bits per heavy atom. The van der Waals surface area contributed by atoms with Crippen LogP contribution in [0.15, 0.2) is 41.5 Å². The average molecular weight is 363 g/mol. The van der Waals surface area contributed by atoms with Gasteiger partial charge in [0.25, 0.3) is 5.91 Å². The number of ether oxygens (including phenoxy) is 2. The lowest BCUT2D eigenvalue weighted by Crippen LogP contribution is -2.17. The van der Waals surface area contributed by atoms with Gasteiger partial charge in [0.05, 0.1) is 18.9 Å². The highest BCUT2D eigenvalue weighted by atomic mass is 35.5. The van der Waals surface area contributed by atoms with E-state index in [1.54, 1.807) is 18.2 Å². The Kier molecular flexibility index (Phi) is 5.97. The van der Waals surface area contributed by atoms with Gasteiger partial charge < -0.3 is 14.6 Å². The summed E-state index contributed by atoms with van der Waals surface area (Å²) in [6.07, 6.45) is 1.37. The summed E-state index contributed by atoms with van der Waals surface area (Å²) in [4.78, 5) is 23.0. The van der Waals surface area contributed by atoms with Gasteiger partial charge in [0.2, 0.25) is 0 Å². The number of methoxy groups -OCH3 is 1. The largest absolute Gasteiger partial charge is 0.507 e. The van der Waals surface area contributed by atoms with E-state index in [1.807, 2.05) is 0 Å². The van der Waals surface area contributed by atoms with Gasteiger partial charge in [-0.25, -0.2) is 5.43 Å². The van der Waals surface area contributed by atoms with Crippen molar-refractivity contribution >= 4 is 29.7 Å². The fraction of sp³-hybridized carbons (Fsp3) is 0.118. The Morgan fingerprint density at radius 2 is 1.96 bits per heavy atom. The van der Waals surface area contributed by atoms with Gasteiger partial charge in [-0.1, -0.05) is 11.6 Å². The van der Waals surface area contributed by atoms with Crippen LogP contribution < -0.4 is 14.9 Å². The van der Waals surface area contributed by atoms with Crippen LogP contribution in [0.5, 0.6) is 17.2 Å². The zero-order chi connectivity index (χ0) is 18.4. The maximum atomic E-state index is 12.0. The first-order valence-electron chi connectivity index (χ1n) is 7.09. The normalized spacial score (nSPS) is 10.5.